The SMILES string of the molecule is CNCCC[C@@H]1NC(=O)[C@@H](NC)Cc2cc(ccc2O)-c2ccc(O)c(c2)C[C@@H](C(=O)N[C@H](CCCNC)C(=O)NCCC[C@H](NC)C(=O)NCCNC)NC1=O. The number of phenols is 2. The van der Waals surface area contributed by atoms with Gasteiger partial charge in [-0.25, -0.2) is 0 Å². The van der Waals surface area contributed by atoms with Crippen LogP contribution in [0.1, 0.15) is 49.7 Å². The molecule has 316 valence electrons. The summed E-state index contributed by atoms with van der Waals surface area (Å²) >= 11 is 0. The summed E-state index contributed by atoms with van der Waals surface area (Å²) < 4.78 is 0. The van der Waals surface area contributed by atoms with Gasteiger partial charge in [0.15, 0.2) is 0 Å². The van der Waals surface area contributed by atoms with Crippen molar-refractivity contribution in [1.29, 1.82) is 0 Å². The van der Waals surface area contributed by atoms with Crippen molar-refractivity contribution in [3.05, 3.63) is 47.5 Å². The summed E-state index contributed by atoms with van der Waals surface area (Å²) in [5.41, 5.74) is 2.27. The maximum Gasteiger partial charge on any atom is 0.243 e. The van der Waals surface area contributed by atoms with E-state index < -0.39 is 53.8 Å². The molecule has 1 heterocycles. The Kier molecular flexibility index (Phi) is 20.2. The zero-order valence-electron chi connectivity index (χ0n) is 34.0. The normalized spacial score (nSPS) is 18.2. The van der Waals surface area contributed by atoms with Gasteiger partial charge in [-0.15, -0.1) is 0 Å². The van der Waals surface area contributed by atoms with Crippen molar-refractivity contribution < 1.29 is 34.2 Å². The number of phenolic OH excluding ortho intramolecular Hbond substituents is 2. The van der Waals surface area contributed by atoms with Crippen molar-refractivity contribution >= 4 is 29.5 Å². The number of carbonyl (C=O) groups is 5. The third kappa shape index (κ3) is 14.9. The van der Waals surface area contributed by atoms with E-state index in [2.05, 4.69) is 53.2 Å². The predicted molar refractivity (Wildman–Crippen MR) is 220 cm³/mol. The van der Waals surface area contributed by atoms with E-state index in [1.54, 1.807) is 65.6 Å². The highest BCUT2D eigenvalue weighted by Gasteiger charge is 2.32. The molecule has 0 unspecified atom stereocenters. The molecule has 0 aliphatic carbocycles. The van der Waals surface area contributed by atoms with Crippen LogP contribution in [0.4, 0.5) is 0 Å². The van der Waals surface area contributed by atoms with Gasteiger partial charge in [-0.1, -0.05) is 12.1 Å². The van der Waals surface area contributed by atoms with Gasteiger partial charge in [0.25, 0.3) is 0 Å². The third-order valence-electron chi connectivity index (χ3n) is 10.1. The van der Waals surface area contributed by atoms with Gasteiger partial charge in [-0.2, -0.15) is 0 Å². The highest BCUT2D eigenvalue weighted by atomic mass is 16.3. The lowest BCUT2D eigenvalue weighted by molar-refractivity contribution is -0.134. The molecule has 5 atom stereocenters. The fraction of sp³-hybridized carbons (Fsp3) is 0.575. The highest BCUT2D eigenvalue weighted by molar-refractivity contribution is 5.95. The molecule has 2 aromatic rings. The number of rotatable bonds is 21. The first-order valence-electron chi connectivity index (χ1n) is 19.8. The van der Waals surface area contributed by atoms with Crippen molar-refractivity contribution in [3.8, 4) is 22.6 Å². The third-order valence-corrected chi connectivity index (χ3v) is 10.1. The summed E-state index contributed by atoms with van der Waals surface area (Å²) in [6.45, 7) is 2.56. The molecular formula is C40H64N10O7. The van der Waals surface area contributed by atoms with Crippen LogP contribution in [0.5, 0.6) is 11.5 Å². The van der Waals surface area contributed by atoms with E-state index in [1.165, 1.54) is 6.07 Å². The fourth-order valence-electron chi connectivity index (χ4n) is 6.63. The van der Waals surface area contributed by atoms with Gasteiger partial charge in [-0.3, -0.25) is 24.0 Å². The van der Waals surface area contributed by atoms with Crippen LogP contribution < -0.4 is 53.2 Å². The largest absolute Gasteiger partial charge is 0.508 e. The first-order chi connectivity index (χ1) is 27.4. The van der Waals surface area contributed by atoms with Gasteiger partial charge < -0.3 is 63.4 Å². The first-order valence-corrected chi connectivity index (χ1v) is 19.8. The molecule has 12 N–H and O–H groups in total. The van der Waals surface area contributed by atoms with E-state index in [0.29, 0.717) is 80.5 Å². The van der Waals surface area contributed by atoms with E-state index >= 15 is 0 Å². The number of nitrogens with one attached hydrogen (secondary N) is 10. The maximum atomic E-state index is 14.2. The minimum absolute atomic E-state index is 0.00815. The second kappa shape index (κ2) is 24.7. The summed E-state index contributed by atoms with van der Waals surface area (Å²) in [5, 5.41) is 51.1. The summed E-state index contributed by atoms with van der Waals surface area (Å²) in [6, 6.07) is 5.51. The van der Waals surface area contributed by atoms with Crippen molar-refractivity contribution in [1.82, 2.24) is 53.2 Å². The molecule has 4 bridgehead atoms. The number of likely N-dealkylation sites (N-methyl/N-ethyl adjacent to an activating group) is 3. The van der Waals surface area contributed by atoms with E-state index in [9.17, 15) is 34.2 Å². The molecule has 57 heavy (non-hydrogen) atoms. The molecule has 17 nitrogen and oxygen atoms in total. The molecule has 0 saturated heterocycles. The van der Waals surface area contributed by atoms with E-state index in [1.807, 2.05) is 0 Å². The van der Waals surface area contributed by atoms with Crippen molar-refractivity contribution in [2.45, 2.75) is 81.6 Å². The molecule has 0 saturated carbocycles. The number of hydrogen-bond acceptors (Lipinski definition) is 12. The van der Waals surface area contributed by atoms with Crippen LogP contribution in [0.2, 0.25) is 0 Å². The van der Waals surface area contributed by atoms with Crippen LogP contribution in [0.3, 0.4) is 0 Å². The Morgan fingerprint density at radius 3 is 1.86 bits per heavy atom. The Morgan fingerprint density at radius 1 is 0.684 bits per heavy atom. The fourth-order valence-corrected chi connectivity index (χ4v) is 6.63. The van der Waals surface area contributed by atoms with Gasteiger partial charge in [0.2, 0.25) is 29.5 Å². The second-order valence-electron chi connectivity index (χ2n) is 14.3. The lowest BCUT2D eigenvalue weighted by Crippen LogP contribution is -2.58. The Balaban J connectivity index is 1.92. The molecule has 2 aromatic carbocycles. The number of hydrogen-bond donors (Lipinski definition) is 12. The highest BCUT2D eigenvalue weighted by Crippen LogP contribution is 2.31. The average molecular weight is 797 g/mol. The van der Waals surface area contributed by atoms with Crippen LogP contribution >= 0.6 is 0 Å². The van der Waals surface area contributed by atoms with Crippen molar-refractivity contribution in [2.24, 2.45) is 0 Å². The maximum absolute atomic E-state index is 14.2. The number of amides is 5. The minimum atomic E-state index is -1.25. The molecule has 0 fully saturated rings. The lowest BCUT2D eigenvalue weighted by Gasteiger charge is -2.27. The zero-order valence-corrected chi connectivity index (χ0v) is 34.0. The molecule has 1 aliphatic heterocycles. The number of aromatic hydroxyl groups is 2. The monoisotopic (exact) mass is 796 g/mol. The Morgan fingerprint density at radius 2 is 1.25 bits per heavy atom. The Labute approximate surface area is 336 Å². The first kappa shape index (κ1) is 46.6. The summed E-state index contributed by atoms with van der Waals surface area (Å²) in [4.78, 5) is 68.1. The topological polar surface area (TPSA) is 246 Å². The van der Waals surface area contributed by atoms with Gasteiger partial charge >= 0.3 is 0 Å². The molecule has 1 aliphatic rings. The van der Waals surface area contributed by atoms with Gasteiger partial charge in [-0.05, 0) is 133 Å². The van der Waals surface area contributed by atoms with Crippen LogP contribution in [-0.4, -0.2) is 138 Å². The van der Waals surface area contributed by atoms with Crippen LogP contribution in [0.25, 0.3) is 11.1 Å². The predicted octanol–water partition coefficient (Wildman–Crippen LogP) is -1.27. The molecule has 0 aromatic heterocycles. The molecule has 0 radical (unpaired) electrons. The minimum Gasteiger partial charge on any atom is -0.508 e. The number of carbonyl (C=O) groups excluding carboxylic acids is 5. The van der Waals surface area contributed by atoms with E-state index in [-0.39, 0.29) is 43.2 Å². The van der Waals surface area contributed by atoms with Crippen molar-refractivity contribution in [3.63, 3.8) is 0 Å². The van der Waals surface area contributed by atoms with Gasteiger partial charge in [0, 0.05) is 32.5 Å². The summed E-state index contributed by atoms with van der Waals surface area (Å²) in [7, 11) is 8.70. The molecular weight excluding hydrogens is 733 g/mol. The van der Waals surface area contributed by atoms with Crippen molar-refractivity contribution in [2.75, 3.05) is 68.0 Å². The molecule has 0 spiro atoms. The van der Waals surface area contributed by atoms with Crippen LogP contribution in [-0.2, 0) is 36.8 Å². The van der Waals surface area contributed by atoms with Crippen LogP contribution in [0.15, 0.2) is 36.4 Å². The van der Waals surface area contributed by atoms with E-state index in [4.69, 9.17) is 0 Å². The standard InChI is InChI=1S/C40H64N10O7/c1-41-16-6-10-30(37(54)46-18-8-9-29(44-4)36(53)47-20-19-43-3)48-40(57)33-24-28-22-26(13-15-35(28)52)25-12-14-34(51)27(21-25)23-32(45-5)39(56)49-31(38(55)50-33)11-7-17-42-2/h12-15,21-22,29-33,41-45,51-52H,6-11,16-20,23-24H2,1-5H3,(H,46,54)(H,47,53)(H,48,57)(H,49,56)(H,50,55)/t29-,30+,31-,32-,33-/m0/s1. The Bertz CT molecular complexity index is 1630. The quantitative estimate of drug-likeness (QED) is 0.0662. The summed E-state index contributed by atoms with van der Waals surface area (Å²) in [5.74, 6) is -2.34. The molecule has 17 heteroatoms. The van der Waals surface area contributed by atoms with Gasteiger partial charge in [0.05, 0.1) is 12.1 Å². The average Bonchev–Trinajstić information content (AvgIpc) is 3.20. The molecule has 5 amide bonds. The second-order valence-corrected chi connectivity index (χ2v) is 14.3. The number of benzene rings is 2. The van der Waals surface area contributed by atoms with Crippen LogP contribution in [0, 0.1) is 0 Å². The summed E-state index contributed by atoms with van der Waals surface area (Å²) in [6.07, 6.45) is 2.61. The lowest BCUT2D eigenvalue weighted by atomic mass is 9.95. The zero-order chi connectivity index (χ0) is 41.7. The van der Waals surface area contributed by atoms with E-state index in [0.717, 1.165) is 0 Å². The smallest absolute Gasteiger partial charge is 0.243 e. The molecule has 3 rings (SSSR count). The van der Waals surface area contributed by atoms with Gasteiger partial charge in [0.1, 0.15) is 29.6 Å². The Hall–Kier alpha value is -4.81. The number of fused-ring (bicyclic) bond motifs is 5.